The molecule has 2 rings (SSSR count). The minimum atomic E-state index is -0.456. The fourth-order valence-corrected chi connectivity index (χ4v) is 2.21. The van der Waals surface area contributed by atoms with Crippen molar-refractivity contribution in [2.45, 2.75) is 39.7 Å². The van der Waals surface area contributed by atoms with Crippen LogP contribution in [-0.2, 0) is 4.74 Å². The molecule has 1 saturated heterocycles. The van der Waals surface area contributed by atoms with Gasteiger partial charge in [0.25, 0.3) is 0 Å². The molecule has 1 amide bonds. The van der Waals surface area contributed by atoms with E-state index in [4.69, 9.17) is 4.74 Å². The Hall–Kier alpha value is -1.85. The van der Waals surface area contributed by atoms with E-state index in [9.17, 15) is 4.79 Å². The summed E-state index contributed by atoms with van der Waals surface area (Å²) in [5.41, 5.74) is 0.496. The number of hydrogen-bond donors (Lipinski definition) is 0. The molecule has 1 aliphatic heterocycles. The topological polar surface area (TPSA) is 58.6 Å². The molecule has 0 atom stereocenters. The van der Waals surface area contributed by atoms with Crippen LogP contribution in [0.5, 0.6) is 0 Å². The van der Waals surface area contributed by atoms with Gasteiger partial charge in [0, 0.05) is 38.1 Å². The Kier molecular flexibility index (Phi) is 4.65. The van der Waals surface area contributed by atoms with Crippen LogP contribution < -0.4 is 4.90 Å². The van der Waals surface area contributed by atoms with Crippen molar-refractivity contribution in [1.29, 1.82) is 0 Å². The number of anilines is 1. The highest BCUT2D eigenvalue weighted by molar-refractivity contribution is 5.68. The first-order chi connectivity index (χ1) is 9.85. The number of aryl methyl sites for hydroxylation is 1. The maximum Gasteiger partial charge on any atom is 0.410 e. The zero-order valence-electron chi connectivity index (χ0n) is 13.3. The molecule has 1 aliphatic rings. The highest BCUT2D eigenvalue weighted by Gasteiger charge is 2.25. The zero-order valence-corrected chi connectivity index (χ0v) is 13.3. The van der Waals surface area contributed by atoms with Crippen LogP contribution >= 0.6 is 0 Å². The van der Waals surface area contributed by atoms with Gasteiger partial charge in [0.2, 0.25) is 5.95 Å². The summed E-state index contributed by atoms with van der Waals surface area (Å²) in [5, 5.41) is 0. The van der Waals surface area contributed by atoms with E-state index < -0.39 is 5.60 Å². The number of nitrogens with zero attached hydrogens (tertiary/aromatic N) is 4. The van der Waals surface area contributed by atoms with Crippen molar-refractivity contribution in [3.63, 3.8) is 0 Å². The quantitative estimate of drug-likeness (QED) is 0.794. The van der Waals surface area contributed by atoms with Crippen molar-refractivity contribution in [3.05, 3.63) is 18.0 Å². The van der Waals surface area contributed by atoms with Crippen LogP contribution in [0.4, 0.5) is 10.7 Å². The average molecular weight is 292 g/mol. The normalized spacial score (nSPS) is 16.6. The molecule has 0 saturated carbocycles. The third-order valence-corrected chi connectivity index (χ3v) is 3.21. The van der Waals surface area contributed by atoms with Crippen molar-refractivity contribution in [2.75, 3.05) is 31.1 Å². The molecule has 6 nitrogen and oxygen atoms in total. The molecule has 0 unspecified atom stereocenters. The van der Waals surface area contributed by atoms with Crippen LogP contribution in [0.3, 0.4) is 0 Å². The van der Waals surface area contributed by atoms with Crippen LogP contribution in [0.1, 0.15) is 32.9 Å². The highest BCUT2D eigenvalue weighted by Crippen LogP contribution is 2.14. The second kappa shape index (κ2) is 6.28. The summed E-state index contributed by atoms with van der Waals surface area (Å²) in [6.45, 7) is 10.5. The van der Waals surface area contributed by atoms with Crippen LogP contribution in [-0.4, -0.2) is 52.7 Å². The molecule has 1 aromatic heterocycles. The van der Waals surface area contributed by atoms with Crippen molar-refractivity contribution in [2.24, 2.45) is 0 Å². The molecule has 0 spiro atoms. The minimum Gasteiger partial charge on any atom is -0.444 e. The lowest BCUT2D eigenvalue weighted by Gasteiger charge is -2.26. The lowest BCUT2D eigenvalue weighted by Crippen LogP contribution is -2.39. The van der Waals surface area contributed by atoms with Gasteiger partial charge in [-0.1, -0.05) is 0 Å². The number of aromatic nitrogens is 2. The minimum absolute atomic E-state index is 0.241. The molecule has 1 fully saturated rings. The summed E-state index contributed by atoms with van der Waals surface area (Å²) >= 11 is 0. The Morgan fingerprint density at radius 3 is 2.67 bits per heavy atom. The van der Waals surface area contributed by atoms with Crippen LogP contribution in [0, 0.1) is 6.92 Å². The summed E-state index contributed by atoms with van der Waals surface area (Å²) in [4.78, 5) is 24.8. The lowest BCUT2D eigenvalue weighted by atomic mass is 10.2. The highest BCUT2D eigenvalue weighted by atomic mass is 16.6. The fraction of sp³-hybridized carbons (Fsp3) is 0.667. The number of amides is 1. The number of rotatable bonds is 1. The van der Waals surface area contributed by atoms with Crippen molar-refractivity contribution >= 4 is 12.0 Å². The maximum atomic E-state index is 12.1. The standard InChI is InChI=1S/C15H24N4O2/c1-12-6-7-16-13(17-12)18-8-5-9-19(11-10-18)14(20)21-15(2,3)4/h6-7H,5,8-11H2,1-4H3. The van der Waals surface area contributed by atoms with Gasteiger partial charge in [-0.2, -0.15) is 0 Å². The summed E-state index contributed by atoms with van der Waals surface area (Å²) < 4.78 is 5.43. The maximum absolute atomic E-state index is 12.1. The van der Waals surface area contributed by atoms with Crippen LogP contribution in [0.2, 0.25) is 0 Å². The molecule has 2 heterocycles. The van der Waals surface area contributed by atoms with Gasteiger partial charge in [0.15, 0.2) is 0 Å². The molecule has 0 aromatic carbocycles. The van der Waals surface area contributed by atoms with E-state index in [1.807, 2.05) is 33.8 Å². The first kappa shape index (κ1) is 15.5. The largest absolute Gasteiger partial charge is 0.444 e. The van der Waals surface area contributed by atoms with Gasteiger partial charge in [-0.15, -0.1) is 0 Å². The predicted octanol–water partition coefficient (Wildman–Crippen LogP) is 2.23. The Morgan fingerprint density at radius 1 is 1.24 bits per heavy atom. The molecule has 1 aromatic rings. The predicted molar refractivity (Wildman–Crippen MR) is 81.4 cm³/mol. The molecule has 0 radical (unpaired) electrons. The van der Waals surface area contributed by atoms with Gasteiger partial charge in [-0.25, -0.2) is 14.8 Å². The summed E-state index contributed by atoms with van der Waals surface area (Å²) in [6, 6.07) is 1.88. The molecule has 116 valence electrons. The van der Waals surface area contributed by atoms with Crippen molar-refractivity contribution < 1.29 is 9.53 Å². The van der Waals surface area contributed by atoms with Crippen molar-refractivity contribution in [1.82, 2.24) is 14.9 Å². The van der Waals surface area contributed by atoms with Gasteiger partial charge in [-0.3, -0.25) is 0 Å². The fourth-order valence-electron chi connectivity index (χ4n) is 2.21. The first-order valence-electron chi connectivity index (χ1n) is 7.38. The first-order valence-corrected chi connectivity index (χ1v) is 7.38. The van der Waals surface area contributed by atoms with Crippen LogP contribution in [0.15, 0.2) is 12.3 Å². The lowest BCUT2D eigenvalue weighted by molar-refractivity contribution is 0.0263. The number of ether oxygens (including phenoxy) is 1. The van der Waals surface area contributed by atoms with Gasteiger partial charge in [0.05, 0.1) is 0 Å². The molecular formula is C15H24N4O2. The van der Waals surface area contributed by atoms with E-state index >= 15 is 0 Å². The SMILES string of the molecule is Cc1ccnc(N2CCCN(C(=O)OC(C)(C)C)CC2)n1. The van der Waals surface area contributed by atoms with E-state index in [-0.39, 0.29) is 6.09 Å². The molecule has 0 aliphatic carbocycles. The molecule has 6 heteroatoms. The van der Waals surface area contributed by atoms with Crippen LogP contribution in [0.25, 0.3) is 0 Å². The number of carbonyl (C=O) groups is 1. The second-order valence-electron chi connectivity index (χ2n) is 6.31. The second-order valence-corrected chi connectivity index (χ2v) is 6.31. The van der Waals surface area contributed by atoms with Gasteiger partial charge < -0.3 is 14.5 Å². The van der Waals surface area contributed by atoms with E-state index in [1.165, 1.54) is 0 Å². The Balaban J connectivity index is 1.97. The van der Waals surface area contributed by atoms with Gasteiger partial charge in [-0.05, 0) is 40.2 Å². The summed E-state index contributed by atoms with van der Waals surface area (Å²) in [5.74, 6) is 0.737. The Morgan fingerprint density at radius 2 is 2.00 bits per heavy atom. The third-order valence-electron chi connectivity index (χ3n) is 3.21. The summed E-state index contributed by atoms with van der Waals surface area (Å²) in [7, 11) is 0. The number of hydrogen-bond acceptors (Lipinski definition) is 5. The molecular weight excluding hydrogens is 268 g/mol. The average Bonchev–Trinajstić information content (AvgIpc) is 2.62. The van der Waals surface area contributed by atoms with E-state index in [0.717, 1.165) is 31.2 Å². The molecule has 0 bridgehead atoms. The Bertz CT molecular complexity index is 499. The smallest absolute Gasteiger partial charge is 0.410 e. The van der Waals surface area contributed by atoms with Gasteiger partial charge in [0.1, 0.15) is 5.60 Å². The summed E-state index contributed by atoms with van der Waals surface area (Å²) in [6.07, 6.45) is 2.42. The zero-order chi connectivity index (χ0) is 15.5. The van der Waals surface area contributed by atoms with E-state index in [1.54, 1.807) is 11.1 Å². The van der Waals surface area contributed by atoms with E-state index in [0.29, 0.717) is 13.1 Å². The molecule has 21 heavy (non-hydrogen) atoms. The number of carbonyl (C=O) groups excluding carboxylic acids is 1. The van der Waals surface area contributed by atoms with E-state index in [2.05, 4.69) is 14.9 Å². The monoisotopic (exact) mass is 292 g/mol. The Labute approximate surface area is 126 Å². The van der Waals surface area contributed by atoms with Gasteiger partial charge >= 0.3 is 6.09 Å². The third kappa shape index (κ3) is 4.58. The van der Waals surface area contributed by atoms with Crippen molar-refractivity contribution in [3.8, 4) is 0 Å². The molecule has 0 N–H and O–H groups in total.